The first-order valence-electron chi connectivity index (χ1n) is 6.80. The Morgan fingerprint density at radius 3 is 2.85 bits per heavy atom. The Morgan fingerprint density at radius 2 is 2.15 bits per heavy atom. The lowest BCUT2D eigenvalue weighted by Gasteiger charge is -2.14. The molecule has 5 heteroatoms. The van der Waals surface area contributed by atoms with Gasteiger partial charge in [-0.1, -0.05) is 18.2 Å². The van der Waals surface area contributed by atoms with Crippen molar-refractivity contribution in [1.82, 2.24) is 10.6 Å². The van der Waals surface area contributed by atoms with Gasteiger partial charge in [0, 0.05) is 32.4 Å². The van der Waals surface area contributed by atoms with Crippen LogP contribution < -0.4 is 15.4 Å². The number of hydrogen-bond acceptors (Lipinski definition) is 4. The quantitative estimate of drug-likeness (QED) is 0.668. The van der Waals surface area contributed by atoms with Gasteiger partial charge in [-0.3, -0.25) is 4.79 Å². The van der Waals surface area contributed by atoms with Gasteiger partial charge in [-0.25, -0.2) is 0 Å². The zero-order chi connectivity index (χ0) is 14.8. The Kier molecular flexibility index (Phi) is 7.69. The molecule has 1 amide bonds. The van der Waals surface area contributed by atoms with Crippen molar-refractivity contribution in [1.29, 1.82) is 0 Å². The topological polar surface area (TPSA) is 59.6 Å². The van der Waals surface area contributed by atoms with Crippen LogP contribution in [0.5, 0.6) is 5.75 Å². The molecule has 0 aliphatic carbocycles. The summed E-state index contributed by atoms with van der Waals surface area (Å²) in [6.45, 7) is 3.98. The molecule has 1 aromatic carbocycles. The highest BCUT2D eigenvalue weighted by molar-refractivity contribution is 5.77. The van der Waals surface area contributed by atoms with Crippen LogP contribution in [0.25, 0.3) is 0 Å². The molecule has 0 saturated carbocycles. The van der Waals surface area contributed by atoms with Crippen molar-refractivity contribution >= 4 is 5.91 Å². The minimum absolute atomic E-state index is 0.0363. The lowest BCUT2D eigenvalue weighted by Crippen LogP contribution is -2.30. The van der Waals surface area contributed by atoms with Crippen LogP contribution in [-0.2, 0) is 16.1 Å². The highest BCUT2D eigenvalue weighted by Crippen LogP contribution is 2.23. The molecule has 0 aliphatic rings. The van der Waals surface area contributed by atoms with Crippen LogP contribution in [0.4, 0.5) is 0 Å². The molecule has 1 rings (SSSR count). The number of benzene rings is 1. The van der Waals surface area contributed by atoms with Crippen LogP contribution in [0.2, 0.25) is 0 Å². The van der Waals surface area contributed by atoms with Crippen molar-refractivity contribution in [2.24, 2.45) is 0 Å². The first-order chi connectivity index (χ1) is 9.69. The molecule has 0 atom stereocenters. The molecular weight excluding hydrogens is 256 g/mol. The van der Waals surface area contributed by atoms with E-state index < -0.39 is 0 Å². The van der Waals surface area contributed by atoms with E-state index in [4.69, 9.17) is 9.47 Å². The van der Waals surface area contributed by atoms with Gasteiger partial charge in [0.2, 0.25) is 0 Å². The van der Waals surface area contributed by atoms with E-state index in [1.165, 1.54) is 0 Å². The summed E-state index contributed by atoms with van der Waals surface area (Å²) < 4.78 is 10.6. The van der Waals surface area contributed by atoms with Crippen molar-refractivity contribution in [3.8, 4) is 5.75 Å². The Bertz CT molecular complexity index is 422. The fourth-order valence-corrected chi connectivity index (χ4v) is 1.88. The molecule has 0 unspecified atom stereocenters. The largest absolute Gasteiger partial charge is 0.483 e. The zero-order valence-corrected chi connectivity index (χ0v) is 12.5. The number of rotatable bonds is 9. The molecule has 2 N–H and O–H groups in total. The van der Waals surface area contributed by atoms with Crippen LogP contribution in [0, 0.1) is 6.92 Å². The van der Waals surface area contributed by atoms with E-state index >= 15 is 0 Å². The molecule has 0 aromatic heterocycles. The minimum Gasteiger partial charge on any atom is -0.483 e. The molecule has 0 fully saturated rings. The number of methoxy groups -OCH3 is 1. The summed E-state index contributed by atoms with van der Waals surface area (Å²) in [4.78, 5) is 11.7. The molecular formula is C15H24N2O3. The predicted molar refractivity (Wildman–Crippen MR) is 78.9 cm³/mol. The Hall–Kier alpha value is -1.59. The van der Waals surface area contributed by atoms with Gasteiger partial charge in [0.15, 0.2) is 6.61 Å². The molecule has 20 heavy (non-hydrogen) atoms. The average Bonchev–Trinajstić information content (AvgIpc) is 2.43. The molecule has 0 bridgehead atoms. The fourth-order valence-electron chi connectivity index (χ4n) is 1.88. The Labute approximate surface area is 120 Å². The third kappa shape index (κ3) is 5.59. The van der Waals surface area contributed by atoms with Gasteiger partial charge in [-0.05, 0) is 26.0 Å². The number of aryl methyl sites for hydroxylation is 1. The Morgan fingerprint density at radius 1 is 1.35 bits per heavy atom. The van der Waals surface area contributed by atoms with Crippen LogP contribution in [0.15, 0.2) is 18.2 Å². The zero-order valence-electron chi connectivity index (χ0n) is 12.5. The maximum atomic E-state index is 11.7. The van der Waals surface area contributed by atoms with Crippen molar-refractivity contribution in [2.75, 3.05) is 33.9 Å². The summed E-state index contributed by atoms with van der Waals surface area (Å²) in [5, 5.41) is 5.89. The smallest absolute Gasteiger partial charge is 0.257 e. The fraction of sp³-hybridized carbons (Fsp3) is 0.533. The van der Waals surface area contributed by atoms with Crippen molar-refractivity contribution in [3.05, 3.63) is 29.3 Å². The van der Waals surface area contributed by atoms with E-state index in [9.17, 15) is 4.79 Å². The van der Waals surface area contributed by atoms with Gasteiger partial charge in [-0.15, -0.1) is 0 Å². The van der Waals surface area contributed by atoms with Crippen LogP contribution >= 0.6 is 0 Å². The van der Waals surface area contributed by atoms with Crippen LogP contribution in [0.1, 0.15) is 17.5 Å². The van der Waals surface area contributed by atoms with E-state index in [1.807, 2.05) is 32.2 Å². The number of nitrogens with one attached hydrogen (secondary N) is 2. The molecule has 0 spiro atoms. The normalized spacial score (nSPS) is 10.3. The lowest BCUT2D eigenvalue weighted by atomic mass is 10.1. The monoisotopic (exact) mass is 280 g/mol. The van der Waals surface area contributed by atoms with Crippen molar-refractivity contribution < 1.29 is 14.3 Å². The van der Waals surface area contributed by atoms with Gasteiger partial charge >= 0.3 is 0 Å². The molecule has 0 saturated heterocycles. The highest BCUT2D eigenvalue weighted by atomic mass is 16.5. The van der Waals surface area contributed by atoms with Gasteiger partial charge in [0.05, 0.1) is 0 Å². The van der Waals surface area contributed by atoms with Gasteiger partial charge < -0.3 is 20.1 Å². The van der Waals surface area contributed by atoms with Crippen LogP contribution in [0.3, 0.4) is 0 Å². The van der Waals surface area contributed by atoms with Crippen molar-refractivity contribution in [3.63, 3.8) is 0 Å². The Balaban J connectivity index is 2.46. The second-order valence-corrected chi connectivity index (χ2v) is 4.58. The first-order valence-corrected chi connectivity index (χ1v) is 6.80. The lowest BCUT2D eigenvalue weighted by molar-refractivity contribution is -0.123. The van der Waals surface area contributed by atoms with Crippen LogP contribution in [-0.4, -0.2) is 39.8 Å². The summed E-state index contributed by atoms with van der Waals surface area (Å²) >= 11 is 0. The molecule has 0 radical (unpaired) electrons. The second-order valence-electron chi connectivity index (χ2n) is 4.58. The highest BCUT2D eigenvalue weighted by Gasteiger charge is 2.08. The number of hydrogen-bond donors (Lipinski definition) is 2. The molecule has 112 valence electrons. The third-order valence-corrected chi connectivity index (χ3v) is 2.86. The third-order valence-electron chi connectivity index (χ3n) is 2.86. The minimum atomic E-state index is -0.111. The predicted octanol–water partition coefficient (Wildman–Crippen LogP) is 1.25. The maximum Gasteiger partial charge on any atom is 0.257 e. The number of ether oxygens (including phenoxy) is 2. The summed E-state index contributed by atoms with van der Waals surface area (Å²) in [7, 11) is 3.53. The number of carbonyl (C=O) groups excluding carboxylic acids is 1. The maximum absolute atomic E-state index is 11.7. The molecule has 0 heterocycles. The standard InChI is InChI=1S/C15H24N2O3/c1-12-6-4-7-13(10-16-2)15(12)20-11-14(18)17-8-5-9-19-3/h4,6-7,16H,5,8-11H2,1-3H3,(H,17,18). The first kappa shape index (κ1) is 16.5. The second kappa shape index (κ2) is 9.34. The number of amides is 1. The van der Waals surface area contributed by atoms with E-state index in [1.54, 1.807) is 7.11 Å². The van der Waals surface area contributed by atoms with Gasteiger partial charge in [0.1, 0.15) is 5.75 Å². The SMILES string of the molecule is CNCc1cccc(C)c1OCC(=O)NCCCOC. The number of para-hydroxylation sites is 1. The summed E-state index contributed by atoms with van der Waals surface area (Å²) in [6.07, 6.45) is 0.803. The van der Waals surface area contributed by atoms with E-state index in [0.717, 1.165) is 23.3 Å². The number of carbonyl (C=O) groups is 1. The van der Waals surface area contributed by atoms with E-state index in [0.29, 0.717) is 19.7 Å². The molecule has 0 aliphatic heterocycles. The van der Waals surface area contributed by atoms with E-state index in [-0.39, 0.29) is 12.5 Å². The summed E-state index contributed by atoms with van der Waals surface area (Å²) in [6, 6.07) is 5.96. The van der Waals surface area contributed by atoms with E-state index in [2.05, 4.69) is 10.6 Å². The van der Waals surface area contributed by atoms with Gasteiger partial charge in [-0.2, -0.15) is 0 Å². The summed E-state index contributed by atoms with van der Waals surface area (Å²) in [5.74, 6) is 0.675. The molecule has 5 nitrogen and oxygen atoms in total. The molecule has 1 aromatic rings. The van der Waals surface area contributed by atoms with Gasteiger partial charge in [0.25, 0.3) is 5.91 Å². The van der Waals surface area contributed by atoms with Crippen molar-refractivity contribution in [2.45, 2.75) is 19.9 Å². The average molecular weight is 280 g/mol. The summed E-state index contributed by atoms with van der Waals surface area (Å²) in [5.41, 5.74) is 2.09.